The molecule has 0 bridgehead atoms. The fourth-order valence-corrected chi connectivity index (χ4v) is 2.35. The summed E-state index contributed by atoms with van der Waals surface area (Å²) < 4.78 is 46.6. The van der Waals surface area contributed by atoms with E-state index in [-0.39, 0.29) is 17.5 Å². The standard InChI is InChI=1S/C20H25F3N4O3/c1-13(2)10-29-12-26-18-8-15(6-7-24-18)14(3)27-19(28)17-5-4-16(9-25-17)30-11-20(21,22)23/h4-9,13-14H,10-12H2,1-3H3,(H,24,26)(H,27,28). The van der Waals surface area contributed by atoms with Crippen molar-refractivity contribution in [3.63, 3.8) is 0 Å². The Morgan fingerprint density at radius 1 is 1.17 bits per heavy atom. The van der Waals surface area contributed by atoms with Gasteiger partial charge in [0, 0.05) is 6.20 Å². The molecular weight excluding hydrogens is 401 g/mol. The van der Waals surface area contributed by atoms with Crippen molar-refractivity contribution in [1.82, 2.24) is 15.3 Å². The quantitative estimate of drug-likeness (QED) is 0.442. The van der Waals surface area contributed by atoms with Gasteiger partial charge in [-0.25, -0.2) is 9.97 Å². The van der Waals surface area contributed by atoms with E-state index < -0.39 is 18.7 Å². The molecule has 0 aliphatic carbocycles. The highest BCUT2D eigenvalue weighted by Gasteiger charge is 2.28. The van der Waals surface area contributed by atoms with Crippen LogP contribution in [-0.4, -0.2) is 42.0 Å². The Bertz CT molecular complexity index is 814. The first-order chi connectivity index (χ1) is 14.1. The van der Waals surface area contributed by atoms with Crippen LogP contribution in [0.25, 0.3) is 0 Å². The molecule has 0 aromatic carbocycles. The second-order valence-electron chi connectivity index (χ2n) is 7.04. The zero-order valence-electron chi connectivity index (χ0n) is 17.0. The van der Waals surface area contributed by atoms with E-state index in [0.717, 1.165) is 11.8 Å². The van der Waals surface area contributed by atoms with Gasteiger partial charge in [0.05, 0.1) is 18.8 Å². The molecule has 2 N–H and O–H groups in total. The molecule has 2 heterocycles. The van der Waals surface area contributed by atoms with Gasteiger partial charge in [0.25, 0.3) is 5.91 Å². The van der Waals surface area contributed by atoms with Crippen LogP contribution in [0.3, 0.4) is 0 Å². The molecule has 10 heteroatoms. The Labute approximate surface area is 173 Å². The maximum absolute atomic E-state index is 12.4. The molecule has 0 saturated carbocycles. The first-order valence-corrected chi connectivity index (χ1v) is 9.38. The highest BCUT2D eigenvalue weighted by atomic mass is 19.4. The van der Waals surface area contributed by atoms with Crippen LogP contribution in [0.1, 0.15) is 42.9 Å². The SMILES string of the molecule is CC(C)COCNc1cc(C(C)NC(=O)c2ccc(OCC(F)(F)F)cn2)ccn1. The Balaban J connectivity index is 1.90. The lowest BCUT2D eigenvalue weighted by Gasteiger charge is -2.16. The van der Waals surface area contributed by atoms with Gasteiger partial charge < -0.3 is 20.1 Å². The van der Waals surface area contributed by atoms with Crippen LogP contribution >= 0.6 is 0 Å². The maximum atomic E-state index is 12.4. The van der Waals surface area contributed by atoms with Gasteiger partial charge in [-0.05, 0) is 42.7 Å². The van der Waals surface area contributed by atoms with Gasteiger partial charge in [-0.2, -0.15) is 13.2 Å². The third-order valence-corrected chi connectivity index (χ3v) is 3.81. The van der Waals surface area contributed by atoms with Crippen molar-refractivity contribution in [3.8, 4) is 5.75 Å². The van der Waals surface area contributed by atoms with E-state index in [9.17, 15) is 18.0 Å². The highest BCUT2D eigenvalue weighted by molar-refractivity contribution is 5.92. The molecule has 0 spiro atoms. The molecule has 7 nitrogen and oxygen atoms in total. The van der Waals surface area contributed by atoms with E-state index >= 15 is 0 Å². The van der Waals surface area contributed by atoms with Crippen molar-refractivity contribution in [3.05, 3.63) is 47.9 Å². The number of rotatable bonds is 10. The van der Waals surface area contributed by atoms with Gasteiger partial charge >= 0.3 is 6.18 Å². The molecule has 1 atom stereocenters. The van der Waals surface area contributed by atoms with Gasteiger partial charge in [0.2, 0.25) is 0 Å². The van der Waals surface area contributed by atoms with Crippen molar-refractivity contribution < 1.29 is 27.4 Å². The van der Waals surface area contributed by atoms with Gasteiger partial charge in [0.1, 0.15) is 24.0 Å². The molecule has 0 saturated heterocycles. The Hall–Kier alpha value is -2.88. The molecule has 30 heavy (non-hydrogen) atoms. The molecule has 0 aliphatic rings. The van der Waals surface area contributed by atoms with Crippen LogP contribution in [0.5, 0.6) is 5.75 Å². The monoisotopic (exact) mass is 426 g/mol. The summed E-state index contributed by atoms with van der Waals surface area (Å²) in [6.07, 6.45) is -1.74. The van der Waals surface area contributed by atoms with Crippen LogP contribution in [0, 0.1) is 5.92 Å². The van der Waals surface area contributed by atoms with Crippen molar-refractivity contribution in [2.24, 2.45) is 5.92 Å². The number of hydrogen-bond acceptors (Lipinski definition) is 6. The van der Waals surface area contributed by atoms with Crippen molar-refractivity contribution in [2.45, 2.75) is 33.0 Å². The van der Waals surface area contributed by atoms with Crippen molar-refractivity contribution in [1.29, 1.82) is 0 Å². The Kier molecular flexibility index (Phi) is 8.40. The summed E-state index contributed by atoms with van der Waals surface area (Å²) in [5.41, 5.74) is 0.880. The molecule has 0 aliphatic heterocycles. The average Bonchev–Trinajstić information content (AvgIpc) is 2.69. The number of nitrogens with one attached hydrogen (secondary N) is 2. The average molecular weight is 426 g/mol. The number of hydrogen-bond donors (Lipinski definition) is 2. The topological polar surface area (TPSA) is 85.4 Å². The number of carbonyl (C=O) groups excluding carboxylic acids is 1. The summed E-state index contributed by atoms with van der Waals surface area (Å²) in [7, 11) is 0. The lowest BCUT2D eigenvalue weighted by Crippen LogP contribution is -2.27. The van der Waals surface area contributed by atoms with Crippen molar-refractivity contribution in [2.75, 3.05) is 25.3 Å². The zero-order valence-corrected chi connectivity index (χ0v) is 17.0. The number of amides is 1. The van der Waals surface area contributed by atoms with E-state index in [2.05, 4.69) is 39.2 Å². The van der Waals surface area contributed by atoms with Crippen molar-refractivity contribution >= 4 is 11.7 Å². The molecule has 2 aromatic heterocycles. The molecule has 2 aromatic rings. The first-order valence-electron chi connectivity index (χ1n) is 9.38. The molecule has 0 fully saturated rings. The summed E-state index contributed by atoms with van der Waals surface area (Å²) >= 11 is 0. The van der Waals surface area contributed by atoms with Crippen LogP contribution in [-0.2, 0) is 4.74 Å². The van der Waals surface area contributed by atoms with E-state index in [1.165, 1.54) is 12.1 Å². The zero-order chi connectivity index (χ0) is 22.1. The molecular formula is C20H25F3N4O3. The molecule has 1 amide bonds. The van der Waals surface area contributed by atoms with Crippen LogP contribution in [0.4, 0.5) is 19.0 Å². The molecule has 164 valence electrons. The number of pyridine rings is 2. The summed E-state index contributed by atoms with van der Waals surface area (Å²) in [4.78, 5) is 20.4. The summed E-state index contributed by atoms with van der Waals surface area (Å²) in [6.45, 7) is 5.45. The van der Waals surface area contributed by atoms with E-state index in [1.807, 2.05) is 0 Å². The van der Waals surface area contributed by atoms with Crippen LogP contribution in [0.2, 0.25) is 0 Å². The summed E-state index contributed by atoms with van der Waals surface area (Å²) in [5.74, 6) is 0.514. The first kappa shape index (κ1) is 23.4. The Morgan fingerprint density at radius 2 is 1.93 bits per heavy atom. The largest absolute Gasteiger partial charge is 0.483 e. The number of aromatic nitrogens is 2. The normalized spacial score (nSPS) is 12.5. The summed E-state index contributed by atoms with van der Waals surface area (Å²) in [5, 5.41) is 5.85. The number of nitrogens with zero attached hydrogens (tertiary/aromatic N) is 2. The molecule has 1 unspecified atom stereocenters. The van der Waals surface area contributed by atoms with Gasteiger partial charge in [-0.15, -0.1) is 0 Å². The predicted molar refractivity (Wildman–Crippen MR) is 105 cm³/mol. The number of carbonyl (C=O) groups is 1. The number of ether oxygens (including phenoxy) is 2. The third kappa shape index (κ3) is 8.24. The van der Waals surface area contributed by atoms with Crippen LogP contribution < -0.4 is 15.4 Å². The molecule has 0 radical (unpaired) electrons. The second-order valence-corrected chi connectivity index (χ2v) is 7.04. The predicted octanol–water partition coefficient (Wildman–Crippen LogP) is 3.95. The smallest absolute Gasteiger partial charge is 0.422 e. The van der Waals surface area contributed by atoms with E-state index in [4.69, 9.17) is 4.74 Å². The number of anilines is 1. The maximum Gasteiger partial charge on any atom is 0.422 e. The van der Waals surface area contributed by atoms with Gasteiger partial charge in [-0.3, -0.25) is 4.79 Å². The van der Waals surface area contributed by atoms with Gasteiger partial charge in [0.15, 0.2) is 6.61 Å². The minimum absolute atomic E-state index is 0.0655. The molecule has 2 rings (SSSR count). The van der Waals surface area contributed by atoms with E-state index in [0.29, 0.717) is 25.1 Å². The minimum Gasteiger partial charge on any atom is -0.483 e. The second kappa shape index (κ2) is 10.8. The number of halogens is 3. The minimum atomic E-state index is -4.44. The fraction of sp³-hybridized carbons (Fsp3) is 0.450. The van der Waals surface area contributed by atoms with Gasteiger partial charge in [-0.1, -0.05) is 13.8 Å². The fourth-order valence-electron chi connectivity index (χ4n) is 2.35. The van der Waals surface area contributed by atoms with Crippen LogP contribution in [0.15, 0.2) is 36.7 Å². The third-order valence-electron chi connectivity index (χ3n) is 3.81. The Morgan fingerprint density at radius 3 is 2.57 bits per heavy atom. The number of alkyl halides is 3. The van der Waals surface area contributed by atoms with E-state index in [1.54, 1.807) is 25.3 Å². The highest BCUT2D eigenvalue weighted by Crippen LogP contribution is 2.19. The lowest BCUT2D eigenvalue weighted by atomic mass is 10.1. The lowest BCUT2D eigenvalue weighted by molar-refractivity contribution is -0.153. The summed E-state index contributed by atoms with van der Waals surface area (Å²) in [6, 6.07) is 5.79.